The molecule has 1 amide bonds. The van der Waals surface area contributed by atoms with Gasteiger partial charge >= 0.3 is 0 Å². The van der Waals surface area contributed by atoms with E-state index in [1.807, 2.05) is 0 Å². The molecule has 3 aliphatic heterocycles. The van der Waals surface area contributed by atoms with Gasteiger partial charge in [-0.25, -0.2) is 4.99 Å². The summed E-state index contributed by atoms with van der Waals surface area (Å²) in [7, 11) is 0. The Morgan fingerprint density at radius 1 is 1.18 bits per heavy atom. The van der Waals surface area contributed by atoms with E-state index in [-0.39, 0.29) is 12.7 Å². The summed E-state index contributed by atoms with van der Waals surface area (Å²) >= 11 is 0. The number of ether oxygens (including phenoxy) is 2. The van der Waals surface area contributed by atoms with Gasteiger partial charge in [-0.05, 0) is 6.07 Å². The average Bonchev–Trinajstić information content (AvgIpc) is 2.88. The van der Waals surface area contributed by atoms with Crippen LogP contribution in [0.25, 0.3) is 5.57 Å². The molecular weight excluding hydrogens is 222 g/mol. The van der Waals surface area contributed by atoms with Crippen molar-refractivity contribution < 1.29 is 14.3 Å². The van der Waals surface area contributed by atoms with Gasteiger partial charge in [0.1, 0.15) is 0 Å². The highest BCUT2D eigenvalue weighted by atomic mass is 16.7. The standard InChI is InChI=1S/C11H5N3O3/c15-11-10-5-1-8-9(17-4-16-8)2-6(5)13-7(10)3-12-14-11/h1-3H,4H2. The Kier molecular flexibility index (Phi) is 1.42. The van der Waals surface area contributed by atoms with Crippen molar-refractivity contribution in [1.82, 2.24) is 0 Å². The molecule has 0 saturated carbocycles. The predicted octanol–water partition coefficient (Wildman–Crippen LogP) is 0.0330. The summed E-state index contributed by atoms with van der Waals surface area (Å²) < 4.78 is 10.5. The fraction of sp³-hybridized carbons (Fsp3) is 0.0909. The number of amides is 1. The molecule has 17 heavy (non-hydrogen) atoms. The van der Waals surface area contributed by atoms with Gasteiger partial charge in [-0.3, -0.25) is 4.79 Å². The topological polar surface area (TPSA) is 72.6 Å². The molecule has 0 N–H and O–H groups in total. The molecule has 4 rings (SSSR count). The van der Waals surface area contributed by atoms with Crippen LogP contribution in [0.3, 0.4) is 0 Å². The third kappa shape index (κ3) is 1.04. The fourth-order valence-corrected chi connectivity index (χ4v) is 2.05. The Morgan fingerprint density at radius 3 is 2.88 bits per heavy atom. The molecule has 6 heteroatoms. The molecule has 0 saturated heterocycles. The van der Waals surface area contributed by atoms with Crippen molar-refractivity contribution in [2.24, 2.45) is 15.2 Å². The van der Waals surface area contributed by atoms with Crippen molar-refractivity contribution in [3.63, 3.8) is 0 Å². The first-order valence-corrected chi connectivity index (χ1v) is 5.01. The molecule has 6 nitrogen and oxygen atoms in total. The van der Waals surface area contributed by atoms with Crippen LogP contribution in [0.5, 0.6) is 11.5 Å². The highest BCUT2D eigenvalue weighted by molar-refractivity contribution is 6.20. The third-order valence-corrected chi connectivity index (χ3v) is 2.80. The summed E-state index contributed by atoms with van der Waals surface area (Å²) in [5.74, 6) is 0.903. The van der Waals surface area contributed by atoms with Crippen molar-refractivity contribution in [2.75, 3.05) is 6.79 Å². The molecule has 0 unspecified atom stereocenters. The first-order valence-electron chi connectivity index (χ1n) is 5.01. The Hall–Kier alpha value is -2.50. The highest BCUT2D eigenvalue weighted by Crippen LogP contribution is 2.30. The van der Waals surface area contributed by atoms with Crippen molar-refractivity contribution >= 4 is 11.5 Å². The van der Waals surface area contributed by atoms with Crippen molar-refractivity contribution in [3.8, 4) is 11.5 Å². The molecule has 0 spiro atoms. The van der Waals surface area contributed by atoms with Gasteiger partial charge in [0.2, 0.25) is 6.79 Å². The van der Waals surface area contributed by atoms with E-state index in [0.717, 1.165) is 5.22 Å². The minimum atomic E-state index is -0.371. The maximum Gasteiger partial charge on any atom is 0.298 e. The molecule has 3 heterocycles. The molecule has 1 aromatic carbocycles. The van der Waals surface area contributed by atoms with Gasteiger partial charge in [-0.1, -0.05) is 0 Å². The second-order valence-corrected chi connectivity index (χ2v) is 3.74. The lowest BCUT2D eigenvalue weighted by Gasteiger charge is -2.00. The molecule has 82 valence electrons. The smallest absolute Gasteiger partial charge is 0.298 e. The van der Waals surface area contributed by atoms with Crippen molar-refractivity contribution in [3.05, 3.63) is 34.6 Å². The van der Waals surface area contributed by atoms with E-state index in [1.54, 1.807) is 12.1 Å². The van der Waals surface area contributed by atoms with Gasteiger partial charge < -0.3 is 9.47 Å². The summed E-state index contributed by atoms with van der Waals surface area (Å²) in [5, 5.41) is 8.52. The van der Waals surface area contributed by atoms with E-state index in [2.05, 4.69) is 15.2 Å². The van der Waals surface area contributed by atoms with Crippen LogP contribution < -0.4 is 20.0 Å². The van der Waals surface area contributed by atoms with Crippen molar-refractivity contribution in [1.29, 1.82) is 0 Å². The Morgan fingerprint density at radius 2 is 2.00 bits per heavy atom. The van der Waals surface area contributed by atoms with Gasteiger partial charge in [0.15, 0.2) is 11.5 Å². The molecule has 3 aliphatic rings. The minimum absolute atomic E-state index is 0.198. The lowest BCUT2D eigenvalue weighted by atomic mass is 10.1. The van der Waals surface area contributed by atoms with Crippen LogP contribution in [0.1, 0.15) is 0 Å². The normalized spacial score (nSPS) is 18.7. The first kappa shape index (κ1) is 8.63. The van der Waals surface area contributed by atoms with Crippen LogP contribution in [0, 0.1) is 0 Å². The van der Waals surface area contributed by atoms with Gasteiger partial charge in [0.05, 0.1) is 22.8 Å². The number of carbonyl (C=O) groups excluding carboxylic acids is 1. The predicted molar refractivity (Wildman–Crippen MR) is 54.7 cm³/mol. The average molecular weight is 227 g/mol. The van der Waals surface area contributed by atoms with Crippen LogP contribution in [0.15, 0.2) is 39.3 Å². The first-order chi connectivity index (χ1) is 8.33. The second kappa shape index (κ2) is 2.79. The lowest BCUT2D eigenvalue weighted by molar-refractivity contribution is -0.113. The zero-order valence-corrected chi connectivity index (χ0v) is 8.51. The van der Waals surface area contributed by atoms with E-state index in [4.69, 9.17) is 9.47 Å². The molecule has 0 aliphatic carbocycles. The largest absolute Gasteiger partial charge is 0.454 e. The molecule has 1 aromatic rings. The summed E-state index contributed by atoms with van der Waals surface area (Å²) in [6, 6.07) is 3.52. The van der Waals surface area contributed by atoms with E-state index >= 15 is 0 Å². The number of hydrogen-bond acceptors (Lipinski definition) is 5. The molecular formula is C11H5N3O3. The van der Waals surface area contributed by atoms with Crippen LogP contribution in [-0.4, -0.2) is 12.7 Å². The Bertz CT molecular complexity index is 746. The summed E-state index contributed by atoms with van der Waals surface area (Å²) in [5.41, 5.74) is 1.02. The van der Waals surface area contributed by atoms with Gasteiger partial charge in [0, 0.05) is 11.3 Å². The third-order valence-electron chi connectivity index (χ3n) is 2.80. The minimum Gasteiger partial charge on any atom is -0.454 e. The Labute approximate surface area is 94.6 Å². The van der Waals surface area contributed by atoms with Crippen molar-refractivity contribution in [2.45, 2.75) is 0 Å². The van der Waals surface area contributed by atoms with Crippen LogP contribution in [-0.2, 0) is 4.79 Å². The number of rotatable bonds is 0. The highest BCUT2D eigenvalue weighted by Gasteiger charge is 2.25. The van der Waals surface area contributed by atoms with E-state index in [0.29, 0.717) is 28.1 Å². The quantitative estimate of drug-likeness (QED) is 0.627. The van der Waals surface area contributed by atoms with Crippen LogP contribution in [0.4, 0.5) is 0 Å². The number of benzene rings is 1. The van der Waals surface area contributed by atoms with E-state index in [9.17, 15) is 4.79 Å². The Balaban J connectivity index is 2.13. The zero-order chi connectivity index (χ0) is 11.4. The number of nitrogens with zero attached hydrogens (tertiary/aromatic N) is 3. The number of fused-ring (bicyclic) bond motifs is 3. The van der Waals surface area contributed by atoms with Crippen LogP contribution >= 0.6 is 0 Å². The number of carbonyl (C=O) groups is 1. The maximum atomic E-state index is 11.7. The monoisotopic (exact) mass is 227 g/mol. The number of hydrogen-bond donors (Lipinski definition) is 0. The van der Waals surface area contributed by atoms with E-state index in [1.165, 1.54) is 6.20 Å². The fourth-order valence-electron chi connectivity index (χ4n) is 2.05. The SMILES string of the molecule is O=C1N=NC=C2N=c3cc4c(cc3=C12)OCO4. The molecule has 0 bridgehead atoms. The van der Waals surface area contributed by atoms with Gasteiger partial charge in [-0.2, -0.15) is 5.11 Å². The van der Waals surface area contributed by atoms with Gasteiger partial charge in [-0.15, -0.1) is 5.11 Å². The number of azo groups is 1. The second-order valence-electron chi connectivity index (χ2n) is 3.74. The lowest BCUT2D eigenvalue weighted by Crippen LogP contribution is -2.24. The van der Waals surface area contributed by atoms with E-state index < -0.39 is 0 Å². The summed E-state index contributed by atoms with van der Waals surface area (Å²) in [6.45, 7) is 0.198. The molecule has 0 fully saturated rings. The molecule has 0 aromatic heterocycles. The zero-order valence-electron chi connectivity index (χ0n) is 8.51. The summed E-state index contributed by atoms with van der Waals surface area (Å²) in [4.78, 5) is 16.0. The van der Waals surface area contributed by atoms with Gasteiger partial charge in [0.25, 0.3) is 5.91 Å². The molecule has 0 atom stereocenters. The summed E-state index contributed by atoms with van der Waals surface area (Å²) in [6.07, 6.45) is 1.48. The van der Waals surface area contributed by atoms with Crippen LogP contribution in [0.2, 0.25) is 0 Å². The molecule has 0 radical (unpaired) electrons. The maximum absolute atomic E-state index is 11.7.